The molecular formula is C14H20FN3O3. The third kappa shape index (κ3) is 4.14. The first-order valence-electron chi connectivity index (χ1n) is 6.91. The molecule has 0 aromatic heterocycles. The van der Waals surface area contributed by atoms with Crippen LogP contribution in [0.15, 0.2) is 12.1 Å². The molecule has 1 unspecified atom stereocenters. The van der Waals surface area contributed by atoms with Crippen molar-refractivity contribution in [2.75, 3.05) is 12.4 Å². The van der Waals surface area contributed by atoms with Crippen molar-refractivity contribution in [3.8, 4) is 0 Å². The van der Waals surface area contributed by atoms with E-state index in [0.717, 1.165) is 25.3 Å². The van der Waals surface area contributed by atoms with Crippen LogP contribution in [0.5, 0.6) is 0 Å². The number of rotatable bonds is 7. The van der Waals surface area contributed by atoms with Crippen molar-refractivity contribution in [1.82, 2.24) is 5.32 Å². The Morgan fingerprint density at radius 1 is 1.43 bits per heavy atom. The highest BCUT2D eigenvalue weighted by atomic mass is 19.1. The van der Waals surface area contributed by atoms with Crippen LogP contribution in [0.2, 0.25) is 0 Å². The summed E-state index contributed by atoms with van der Waals surface area (Å²) in [5.41, 5.74) is -0.620. The second-order valence-corrected chi connectivity index (χ2v) is 4.72. The fraction of sp³-hybridized carbons (Fsp3) is 0.500. The van der Waals surface area contributed by atoms with Gasteiger partial charge in [-0.25, -0.2) is 4.39 Å². The highest BCUT2D eigenvalue weighted by molar-refractivity contribution is 5.99. The molecule has 21 heavy (non-hydrogen) atoms. The van der Waals surface area contributed by atoms with E-state index in [4.69, 9.17) is 0 Å². The summed E-state index contributed by atoms with van der Waals surface area (Å²) in [5.74, 6) is -1.32. The number of carbonyl (C=O) groups excluding carboxylic acids is 1. The molecule has 1 aromatic carbocycles. The molecule has 0 heterocycles. The number of amides is 1. The van der Waals surface area contributed by atoms with Crippen LogP contribution in [-0.4, -0.2) is 23.9 Å². The van der Waals surface area contributed by atoms with Gasteiger partial charge in [0.2, 0.25) is 0 Å². The first-order chi connectivity index (χ1) is 9.94. The molecule has 0 bridgehead atoms. The Balaban J connectivity index is 3.14. The van der Waals surface area contributed by atoms with Crippen molar-refractivity contribution in [2.24, 2.45) is 0 Å². The summed E-state index contributed by atoms with van der Waals surface area (Å²) < 4.78 is 13.6. The Morgan fingerprint density at radius 3 is 2.57 bits per heavy atom. The fourth-order valence-electron chi connectivity index (χ4n) is 2.08. The number of hydrogen-bond donors (Lipinski definition) is 2. The van der Waals surface area contributed by atoms with E-state index in [1.165, 1.54) is 13.1 Å². The van der Waals surface area contributed by atoms with E-state index in [-0.39, 0.29) is 17.3 Å². The zero-order chi connectivity index (χ0) is 16.0. The van der Waals surface area contributed by atoms with Gasteiger partial charge < -0.3 is 10.6 Å². The van der Waals surface area contributed by atoms with Gasteiger partial charge in [-0.1, -0.05) is 20.3 Å². The summed E-state index contributed by atoms with van der Waals surface area (Å²) in [6, 6.07) is 1.88. The summed E-state index contributed by atoms with van der Waals surface area (Å²) in [4.78, 5) is 22.5. The predicted octanol–water partition coefficient (Wildman–Crippen LogP) is 3.08. The monoisotopic (exact) mass is 297 g/mol. The van der Waals surface area contributed by atoms with E-state index in [1.54, 1.807) is 0 Å². The average Bonchev–Trinajstić information content (AvgIpc) is 2.46. The number of nitro benzene ring substituents is 1. The Hall–Kier alpha value is -2.18. The van der Waals surface area contributed by atoms with Crippen molar-refractivity contribution in [2.45, 2.75) is 39.2 Å². The minimum atomic E-state index is -0.763. The number of nitrogens with zero attached hydrogens (tertiary/aromatic N) is 1. The summed E-state index contributed by atoms with van der Waals surface area (Å²) in [7, 11) is 1.48. The van der Waals surface area contributed by atoms with Crippen molar-refractivity contribution in [3.63, 3.8) is 0 Å². The quantitative estimate of drug-likeness (QED) is 0.598. The average molecular weight is 297 g/mol. The predicted molar refractivity (Wildman–Crippen MR) is 79.1 cm³/mol. The molecule has 1 amide bonds. The molecule has 116 valence electrons. The Kier molecular flexibility index (Phi) is 6.08. The number of halogens is 1. The molecule has 0 saturated carbocycles. The fourth-order valence-corrected chi connectivity index (χ4v) is 2.08. The van der Waals surface area contributed by atoms with E-state index in [0.29, 0.717) is 0 Å². The molecule has 0 fully saturated rings. The maximum atomic E-state index is 13.6. The lowest BCUT2D eigenvalue weighted by Crippen LogP contribution is -2.34. The largest absolute Gasteiger partial charge is 0.386 e. The number of benzene rings is 1. The molecule has 1 atom stereocenters. The lowest BCUT2D eigenvalue weighted by molar-refractivity contribution is -0.385. The zero-order valence-electron chi connectivity index (χ0n) is 12.4. The van der Waals surface area contributed by atoms with Gasteiger partial charge >= 0.3 is 0 Å². The highest BCUT2D eigenvalue weighted by Crippen LogP contribution is 2.26. The van der Waals surface area contributed by atoms with Gasteiger partial charge in [0.15, 0.2) is 5.82 Å². The first kappa shape index (κ1) is 16.9. The third-order valence-electron chi connectivity index (χ3n) is 3.26. The number of carbonyl (C=O) groups is 1. The molecule has 0 radical (unpaired) electrons. The minimum absolute atomic E-state index is 0.0503. The first-order valence-corrected chi connectivity index (χ1v) is 6.91. The summed E-state index contributed by atoms with van der Waals surface area (Å²) in [5, 5.41) is 16.3. The minimum Gasteiger partial charge on any atom is -0.386 e. The van der Waals surface area contributed by atoms with Gasteiger partial charge in [-0.2, -0.15) is 0 Å². The van der Waals surface area contributed by atoms with Crippen LogP contribution >= 0.6 is 0 Å². The van der Waals surface area contributed by atoms with Crippen LogP contribution in [0.3, 0.4) is 0 Å². The number of anilines is 1. The maximum absolute atomic E-state index is 13.6. The maximum Gasteiger partial charge on any atom is 0.285 e. The number of nitro groups is 1. The molecule has 6 nitrogen and oxygen atoms in total. The molecule has 0 aliphatic heterocycles. The smallest absolute Gasteiger partial charge is 0.285 e. The van der Waals surface area contributed by atoms with Crippen LogP contribution in [0.1, 0.15) is 43.5 Å². The van der Waals surface area contributed by atoms with Crippen molar-refractivity contribution in [1.29, 1.82) is 0 Å². The van der Waals surface area contributed by atoms with E-state index in [9.17, 15) is 19.3 Å². The molecule has 0 spiro atoms. The van der Waals surface area contributed by atoms with Crippen LogP contribution in [-0.2, 0) is 0 Å². The van der Waals surface area contributed by atoms with Crippen molar-refractivity contribution < 1.29 is 14.1 Å². The third-order valence-corrected chi connectivity index (χ3v) is 3.26. The Labute approximate surface area is 122 Å². The van der Waals surface area contributed by atoms with Crippen LogP contribution in [0, 0.1) is 15.9 Å². The summed E-state index contributed by atoms with van der Waals surface area (Å²) >= 11 is 0. The summed E-state index contributed by atoms with van der Waals surface area (Å²) in [6.45, 7) is 3.92. The van der Waals surface area contributed by atoms with E-state index in [2.05, 4.69) is 10.6 Å². The topological polar surface area (TPSA) is 84.3 Å². The van der Waals surface area contributed by atoms with Gasteiger partial charge in [0, 0.05) is 13.1 Å². The molecular weight excluding hydrogens is 277 g/mol. The Morgan fingerprint density at radius 2 is 2.10 bits per heavy atom. The molecule has 0 aliphatic carbocycles. The number of nitrogens with one attached hydrogen (secondary N) is 2. The molecule has 1 rings (SSSR count). The molecule has 0 aliphatic rings. The normalized spacial score (nSPS) is 11.8. The zero-order valence-corrected chi connectivity index (χ0v) is 12.4. The van der Waals surface area contributed by atoms with Gasteiger partial charge in [0.25, 0.3) is 11.6 Å². The SMILES string of the molecule is CCCC(CC)NC(=O)c1cc(NC)c(F)cc1[N+](=O)[O-]. The Bertz CT molecular complexity index is 534. The van der Waals surface area contributed by atoms with Crippen LogP contribution in [0.25, 0.3) is 0 Å². The van der Waals surface area contributed by atoms with Gasteiger partial charge in [0.1, 0.15) is 5.56 Å². The lowest BCUT2D eigenvalue weighted by Gasteiger charge is -2.16. The van der Waals surface area contributed by atoms with Gasteiger partial charge in [-0.15, -0.1) is 0 Å². The summed E-state index contributed by atoms with van der Waals surface area (Å²) in [6.07, 6.45) is 2.41. The highest BCUT2D eigenvalue weighted by Gasteiger charge is 2.24. The van der Waals surface area contributed by atoms with Crippen LogP contribution < -0.4 is 10.6 Å². The van der Waals surface area contributed by atoms with Gasteiger partial charge in [-0.05, 0) is 18.9 Å². The van der Waals surface area contributed by atoms with Gasteiger partial charge in [-0.3, -0.25) is 14.9 Å². The molecule has 7 heteroatoms. The van der Waals surface area contributed by atoms with E-state index < -0.39 is 22.3 Å². The van der Waals surface area contributed by atoms with Crippen molar-refractivity contribution in [3.05, 3.63) is 33.6 Å². The molecule has 1 aromatic rings. The van der Waals surface area contributed by atoms with Crippen LogP contribution in [0.4, 0.5) is 15.8 Å². The second-order valence-electron chi connectivity index (χ2n) is 4.72. The van der Waals surface area contributed by atoms with E-state index in [1.807, 2.05) is 13.8 Å². The van der Waals surface area contributed by atoms with Gasteiger partial charge in [0.05, 0.1) is 16.7 Å². The van der Waals surface area contributed by atoms with E-state index >= 15 is 0 Å². The molecule has 0 saturated heterocycles. The lowest BCUT2D eigenvalue weighted by atomic mass is 10.1. The standard InChI is InChI=1S/C14H20FN3O3/c1-4-6-9(5-2)17-14(19)10-7-12(16-3)11(15)8-13(10)18(20)21/h7-9,16H,4-6H2,1-3H3,(H,17,19). The van der Waals surface area contributed by atoms with Crippen molar-refractivity contribution >= 4 is 17.3 Å². The second kappa shape index (κ2) is 7.56. The number of hydrogen-bond acceptors (Lipinski definition) is 4. The molecule has 2 N–H and O–H groups in total.